The van der Waals surface area contributed by atoms with Crippen LogP contribution in [0.4, 0.5) is 0 Å². The van der Waals surface area contributed by atoms with Gasteiger partial charge in [0, 0.05) is 0 Å². The van der Waals surface area contributed by atoms with E-state index < -0.39 is 28.8 Å². The van der Waals surface area contributed by atoms with Crippen LogP contribution in [-0.2, 0) is 20.7 Å². The average Bonchev–Trinajstić information content (AvgIpc) is 2.15. The summed E-state index contributed by atoms with van der Waals surface area (Å²) in [5, 5.41) is 0.916. The van der Waals surface area contributed by atoms with Gasteiger partial charge in [-0.25, -0.2) is 0 Å². The van der Waals surface area contributed by atoms with E-state index >= 15 is 0 Å². The molecule has 1 rings (SSSR count). The molecule has 17 heavy (non-hydrogen) atoms. The van der Waals surface area contributed by atoms with Crippen LogP contribution in [0.25, 0.3) is 0 Å². The van der Waals surface area contributed by atoms with Crippen molar-refractivity contribution < 1.29 is 8.42 Å². The second kappa shape index (κ2) is 5.45. The van der Waals surface area contributed by atoms with Gasteiger partial charge in [-0.05, 0) is 23.8 Å². The maximum atomic E-state index is 12.0. The fourth-order valence-corrected chi connectivity index (χ4v) is 9.34. The molecule has 96 valence electrons. The Kier molecular flexibility index (Phi) is 4.68. The smallest absolute Gasteiger partial charge is 0.199 e. The minimum Gasteiger partial charge on any atom is -0.199 e. The molecule has 0 aliphatic carbocycles. The largest absolute Gasteiger partial charge is 0.287 e. The molecule has 0 heterocycles. The van der Waals surface area contributed by atoms with E-state index in [1.807, 2.05) is 6.26 Å². The van der Waals surface area contributed by atoms with Crippen LogP contribution in [0.15, 0.2) is 39.0 Å². The quantitative estimate of drug-likeness (QED) is 0.800. The van der Waals surface area contributed by atoms with E-state index in [9.17, 15) is 8.42 Å². The van der Waals surface area contributed by atoms with Gasteiger partial charge in [-0.3, -0.25) is 0 Å². The Morgan fingerprint density at radius 3 is 2.18 bits per heavy atom. The first-order valence-electron chi connectivity index (χ1n) is 5.36. The van der Waals surface area contributed by atoms with E-state index in [1.54, 1.807) is 30.3 Å². The van der Waals surface area contributed by atoms with Crippen molar-refractivity contribution in [3.63, 3.8) is 0 Å². The molecule has 1 aromatic carbocycles. The van der Waals surface area contributed by atoms with Gasteiger partial charge in [-0.15, -0.1) is 3.77 Å². The first kappa shape index (κ1) is 14.6. The van der Waals surface area contributed by atoms with Crippen LogP contribution in [-0.4, -0.2) is 28.1 Å². The van der Waals surface area contributed by atoms with Gasteiger partial charge >= 0.3 is 0 Å². The highest BCUT2D eigenvalue weighted by molar-refractivity contribution is 8.00. The van der Waals surface area contributed by atoms with Gasteiger partial charge in [0.05, 0.1) is 13.0 Å². The predicted molar refractivity (Wildman–Crippen MR) is 77.6 cm³/mol. The normalized spacial score (nSPS) is 14.8. The first-order chi connectivity index (χ1) is 7.71. The first-order valence-corrected chi connectivity index (χ1v) is 12.3. The lowest BCUT2D eigenvalue weighted by molar-refractivity contribution is 0.598. The summed E-state index contributed by atoms with van der Waals surface area (Å²) >= 11 is 0. The van der Waals surface area contributed by atoms with Crippen molar-refractivity contribution in [1.29, 1.82) is 0 Å². The minimum atomic E-state index is -3.47. The zero-order valence-electron chi connectivity index (χ0n) is 10.7. The van der Waals surface area contributed by atoms with Gasteiger partial charge in [0.2, 0.25) is 0 Å². The van der Waals surface area contributed by atoms with Crippen molar-refractivity contribution in [3.05, 3.63) is 30.3 Å². The lowest BCUT2D eigenvalue weighted by atomic mass is 10.4. The molecule has 0 amide bonds. The van der Waals surface area contributed by atoms with Crippen LogP contribution in [0.3, 0.4) is 0 Å². The van der Waals surface area contributed by atoms with Crippen LogP contribution in [0.2, 0.25) is 19.6 Å². The van der Waals surface area contributed by atoms with Crippen molar-refractivity contribution >= 4 is 28.8 Å². The molecule has 0 fully saturated rings. The third-order valence-electron chi connectivity index (χ3n) is 1.91. The summed E-state index contributed by atoms with van der Waals surface area (Å²) in [6, 6.07) is 8.41. The summed E-state index contributed by atoms with van der Waals surface area (Å²) in [5.41, 5.74) is 0. The third kappa shape index (κ3) is 5.14. The Bertz CT molecular complexity index is 504. The molecule has 1 atom stereocenters. The van der Waals surface area contributed by atoms with Gasteiger partial charge in [0.25, 0.3) is 10.0 Å². The van der Waals surface area contributed by atoms with Crippen LogP contribution in [0, 0.1) is 0 Å². The molecule has 0 aromatic heterocycles. The number of sulfonamides is 1. The molecule has 0 N–H and O–H groups in total. The van der Waals surface area contributed by atoms with Gasteiger partial charge < -0.3 is 0 Å². The fourth-order valence-electron chi connectivity index (χ4n) is 1.46. The molecular weight excluding hydrogens is 270 g/mol. The van der Waals surface area contributed by atoms with E-state index in [0.717, 1.165) is 5.38 Å². The lowest BCUT2D eigenvalue weighted by Gasteiger charge is -2.15. The fraction of sp³-hybridized carbons (Fsp3) is 0.455. The van der Waals surface area contributed by atoms with Crippen molar-refractivity contribution in [2.45, 2.75) is 24.5 Å². The molecule has 1 unspecified atom stereocenters. The number of hydrogen-bond donors (Lipinski definition) is 0. The zero-order valence-corrected chi connectivity index (χ0v) is 13.3. The standard InChI is InChI=1S/C11H19NO2S2Si/c1-15(10-17(2,3)4)12-16(13,14)11-8-6-5-7-9-11/h5-9H,10H2,1-4H3. The summed E-state index contributed by atoms with van der Waals surface area (Å²) in [6.07, 6.45) is 1.90. The van der Waals surface area contributed by atoms with Gasteiger partial charge in [-0.1, -0.05) is 48.5 Å². The molecule has 0 radical (unpaired) electrons. The number of nitrogens with zero attached hydrogens (tertiary/aromatic N) is 1. The van der Waals surface area contributed by atoms with Crippen molar-refractivity contribution in [3.8, 4) is 0 Å². The highest BCUT2D eigenvalue weighted by atomic mass is 32.3. The van der Waals surface area contributed by atoms with E-state index in [2.05, 4.69) is 23.4 Å². The maximum absolute atomic E-state index is 12.0. The van der Waals surface area contributed by atoms with Crippen LogP contribution in [0.5, 0.6) is 0 Å². The molecule has 3 nitrogen and oxygen atoms in total. The molecule has 0 spiro atoms. The molecule has 0 saturated heterocycles. The van der Waals surface area contributed by atoms with Gasteiger partial charge in [0.1, 0.15) is 0 Å². The minimum absolute atomic E-state index is 0.287. The topological polar surface area (TPSA) is 46.5 Å². The predicted octanol–water partition coefficient (Wildman–Crippen LogP) is 2.68. The second-order valence-corrected chi connectivity index (χ2v) is 14.7. The van der Waals surface area contributed by atoms with E-state index in [0.29, 0.717) is 0 Å². The number of benzene rings is 1. The maximum Gasteiger partial charge on any atom is 0.287 e. The Morgan fingerprint density at radius 2 is 1.71 bits per heavy atom. The zero-order chi connectivity index (χ0) is 13.1. The van der Waals surface area contributed by atoms with Crippen molar-refractivity contribution in [2.24, 2.45) is 3.77 Å². The van der Waals surface area contributed by atoms with Crippen LogP contribution >= 0.6 is 0 Å². The Balaban J connectivity index is 2.98. The number of rotatable bonds is 4. The Labute approximate surface area is 107 Å². The Morgan fingerprint density at radius 1 is 1.18 bits per heavy atom. The highest BCUT2D eigenvalue weighted by Crippen LogP contribution is 2.13. The van der Waals surface area contributed by atoms with E-state index in [-0.39, 0.29) is 4.90 Å². The van der Waals surface area contributed by atoms with E-state index in [1.165, 1.54) is 0 Å². The molecule has 0 saturated carbocycles. The van der Waals surface area contributed by atoms with Crippen molar-refractivity contribution in [2.75, 3.05) is 11.6 Å². The molecule has 6 heteroatoms. The molecule has 0 aliphatic rings. The van der Waals surface area contributed by atoms with Gasteiger partial charge in [-0.2, -0.15) is 8.42 Å². The van der Waals surface area contributed by atoms with Gasteiger partial charge in [0.15, 0.2) is 0 Å². The second-order valence-electron chi connectivity index (χ2n) is 5.17. The summed E-state index contributed by atoms with van der Waals surface area (Å²) in [7, 11) is -5.15. The monoisotopic (exact) mass is 289 g/mol. The third-order valence-corrected chi connectivity index (χ3v) is 9.71. The van der Waals surface area contributed by atoms with Crippen LogP contribution in [0.1, 0.15) is 0 Å². The number of hydrogen-bond acceptors (Lipinski definition) is 2. The average molecular weight is 289 g/mol. The lowest BCUT2D eigenvalue weighted by Crippen LogP contribution is -2.28. The molecule has 1 aromatic rings. The molecule has 0 aliphatic heterocycles. The van der Waals surface area contributed by atoms with E-state index in [4.69, 9.17) is 0 Å². The highest BCUT2D eigenvalue weighted by Gasteiger charge is 2.17. The SMILES string of the molecule is C/S(C[Si](C)(C)C)=N\S(=O)(=O)c1ccccc1. The summed E-state index contributed by atoms with van der Waals surface area (Å²) in [5.74, 6) is 0. The Hall–Kier alpha value is -0.463. The van der Waals surface area contributed by atoms with Crippen LogP contribution < -0.4 is 0 Å². The molecular formula is C11H19NO2S2Si. The van der Waals surface area contributed by atoms with Crippen molar-refractivity contribution in [1.82, 2.24) is 0 Å². The molecule has 0 bridgehead atoms. The summed E-state index contributed by atoms with van der Waals surface area (Å²) < 4.78 is 28.0. The summed E-state index contributed by atoms with van der Waals surface area (Å²) in [6.45, 7) is 6.67. The summed E-state index contributed by atoms with van der Waals surface area (Å²) in [4.78, 5) is 0.287.